The van der Waals surface area contributed by atoms with Gasteiger partial charge in [0.1, 0.15) is 12.4 Å². The Bertz CT molecular complexity index is 574. The third-order valence-electron chi connectivity index (χ3n) is 2.41. The van der Waals surface area contributed by atoms with E-state index in [0.29, 0.717) is 13.0 Å². The lowest BCUT2D eigenvalue weighted by molar-refractivity contribution is -0.135. The molecule has 0 fully saturated rings. The number of hydrogen-bond acceptors (Lipinski definition) is 4. The molecule has 0 aromatic heterocycles. The van der Waals surface area contributed by atoms with Crippen molar-refractivity contribution in [1.82, 2.24) is 0 Å². The molecule has 0 unspecified atom stereocenters. The van der Waals surface area contributed by atoms with Crippen LogP contribution in [0.25, 0.3) is 0 Å². The smallest absolute Gasteiger partial charge is 0.323 e. The van der Waals surface area contributed by atoms with E-state index in [4.69, 9.17) is 10.2 Å². The molecule has 0 radical (unpaired) electrons. The number of sulfonamides is 1. The molecule has 0 saturated heterocycles. The first kappa shape index (κ1) is 15.4. The van der Waals surface area contributed by atoms with Crippen molar-refractivity contribution < 1.29 is 22.7 Å². The summed E-state index contributed by atoms with van der Waals surface area (Å²) in [5, 5.41) is 13.7. The van der Waals surface area contributed by atoms with Crippen molar-refractivity contribution >= 4 is 21.7 Å². The van der Waals surface area contributed by atoms with Crippen LogP contribution in [0.4, 0.5) is 10.1 Å². The third kappa shape index (κ3) is 4.18. The highest BCUT2D eigenvalue weighted by molar-refractivity contribution is 7.89. The number of rotatable bonds is 6. The number of hydrogen-bond donors (Lipinski definition) is 2. The molecule has 6 nitrogen and oxygen atoms in total. The van der Waals surface area contributed by atoms with E-state index in [2.05, 4.69) is 0 Å². The molecule has 1 rings (SSSR count). The van der Waals surface area contributed by atoms with Crippen LogP contribution in [-0.2, 0) is 14.8 Å². The monoisotopic (exact) mass is 290 g/mol. The first-order valence-corrected chi connectivity index (χ1v) is 7.09. The lowest BCUT2D eigenvalue weighted by Crippen LogP contribution is -2.31. The van der Waals surface area contributed by atoms with Crippen LogP contribution in [-0.4, -0.2) is 32.6 Å². The van der Waals surface area contributed by atoms with Crippen LogP contribution in [0.1, 0.15) is 13.3 Å². The number of benzene rings is 1. The van der Waals surface area contributed by atoms with Crippen molar-refractivity contribution in [3.8, 4) is 0 Å². The summed E-state index contributed by atoms with van der Waals surface area (Å²) >= 11 is 0. The zero-order chi connectivity index (χ0) is 14.6. The minimum absolute atomic E-state index is 0.0386. The summed E-state index contributed by atoms with van der Waals surface area (Å²) < 4.78 is 36.0. The normalized spacial score (nSPS) is 11.3. The minimum atomic E-state index is -3.98. The molecule has 0 spiro atoms. The Morgan fingerprint density at radius 1 is 1.47 bits per heavy atom. The van der Waals surface area contributed by atoms with Crippen molar-refractivity contribution in [3.63, 3.8) is 0 Å². The molecule has 3 N–H and O–H groups in total. The largest absolute Gasteiger partial charge is 0.480 e. The van der Waals surface area contributed by atoms with E-state index >= 15 is 0 Å². The van der Waals surface area contributed by atoms with E-state index in [1.54, 1.807) is 0 Å². The van der Waals surface area contributed by atoms with Gasteiger partial charge in [-0.2, -0.15) is 0 Å². The highest BCUT2D eigenvalue weighted by Crippen LogP contribution is 2.22. The maximum atomic E-state index is 13.8. The zero-order valence-corrected chi connectivity index (χ0v) is 11.2. The number of primary sulfonamides is 1. The predicted octanol–water partition coefficient (Wildman–Crippen LogP) is 0.774. The fourth-order valence-electron chi connectivity index (χ4n) is 1.64. The number of nitrogens with zero attached hydrogens (tertiary/aromatic N) is 1. The van der Waals surface area contributed by atoms with E-state index in [1.807, 2.05) is 6.92 Å². The lowest BCUT2D eigenvalue weighted by atomic mass is 10.2. The fraction of sp³-hybridized carbons (Fsp3) is 0.364. The number of anilines is 1. The van der Waals surface area contributed by atoms with E-state index in [9.17, 15) is 17.6 Å². The Labute approximate surface area is 110 Å². The van der Waals surface area contributed by atoms with Crippen molar-refractivity contribution in [3.05, 3.63) is 24.0 Å². The molecule has 0 amide bonds. The topological polar surface area (TPSA) is 101 Å². The van der Waals surface area contributed by atoms with Gasteiger partial charge in [0.2, 0.25) is 10.0 Å². The van der Waals surface area contributed by atoms with Crippen LogP contribution >= 0.6 is 0 Å². The quantitative estimate of drug-likeness (QED) is 0.806. The third-order valence-corrected chi connectivity index (χ3v) is 3.32. The van der Waals surface area contributed by atoms with E-state index < -0.39 is 21.8 Å². The molecule has 0 bridgehead atoms. The Morgan fingerprint density at radius 3 is 2.53 bits per heavy atom. The van der Waals surface area contributed by atoms with Crippen LogP contribution in [0.3, 0.4) is 0 Å². The van der Waals surface area contributed by atoms with Crippen molar-refractivity contribution in [2.24, 2.45) is 5.14 Å². The SMILES string of the molecule is CCCN(CC(=O)O)c1ccc(S(N)(=O)=O)cc1F. The second-order valence-electron chi connectivity index (χ2n) is 3.97. The van der Waals surface area contributed by atoms with Gasteiger partial charge >= 0.3 is 5.97 Å². The Balaban J connectivity index is 3.15. The lowest BCUT2D eigenvalue weighted by Gasteiger charge is -2.22. The van der Waals surface area contributed by atoms with Gasteiger partial charge in [-0.25, -0.2) is 17.9 Å². The van der Waals surface area contributed by atoms with Gasteiger partial charge in [0.25, 0.3) is 0 Å². The molecule has 1 aromatic carbocycles. The minimum Gasteiger partial charge on any atom is -0.480 e. The number of carboxylic acid groups (broad SMARTS) is 1. The van der Waals surface area contributed by atoms with Gasteiger partial charge in [0.15, 0.2) is 0 Å². The molecule has 0 aliphatic rings. The van der Waals surface area contributed by atoms with E-state index in [0.717, 1.165) is 12.1 Å². The second kappa shape index (κ2) is 5.98. The van der Waals surface area contributed by atoms with E-state index in [1.165, 1.54) is 11.0 Å². The predicted molar refractivity (Wildman–Crippen MR) is 67.9 cm³/mol. The van der Waals surface area contributed by atoms with Gasteiger partial charge in [-0.05, 0) is 24.6 Å². The number of carbonyl (C=O) groups is 1. The Kier molecular flexibility index (Phi) is 4.84. The molecule has 0 saturated carbocycles. The summed E-state index contributed by atoms with van der Waals surface area (Å²) in [6, 6.07) is 3.15. The van der Waals surface area contributed by atoms with Gasteiger partial charge < -0.3 is 10.0 Å². The maximum Gasteiger partial charge on any atom is 0.323 e. The van der Waals surface area contributed by atoms with Crippen LogP contribution in [0, 0.1) is 5.82 Å². The number of nitrogens with two attached hydrogens (primary N) is 1. The molecule has 0 aliphatic heterocycles. The van der Waals surface area contributed by atoms with Gasteiger partial charge in [0.05, 0.1) is 10.6 Å². The first-order chi connectivity index (χ1) is 8.75. The average molecular weight is 290 g/mol. The van der Waals surface area contributed by atoms with Gasteiger partial charge in [-0.15, -0.1) is 0 Å². The van der Waals surface area contributed by atoms with Gasteiger partial charge in [0, 0.05) is 6.54 Å². The summed E-state index contributed by atoms with van der Waals surface area (Å²) in [5.74, 6) is -1.91. The highest BCUT2D eigenvalue weighted by Gasteiger charge is 2.17. The molecule has 0 aliphatic carbocycles. The second-order valence-corrected chi connectivity index (χ2v) is 5.53. The van der Waals surface area contributed by atoms with Crippen LogP contribution in [0.2, 0.25) is 0 Å². The van der Waals surface area contributed by atoms with Crippen molar-refractivity contribution in [2.75, 3.05) is 18.0 Å². The van der Waals surface area contributed by atoms with Crippen molar-refractivity contribution in [2.45, 2.75) is 18.2 Å². The Morgan fingerprint density at radius 2 is 2.11 bits per heavy atom. The van der Waals surface area contributed by atoms with Gasteiger partial charge in [-0.3, -0.25) is 4.79 Å². The average Bonchev–Trinajstić information content (AvgIpc) is 2.26. The van der Waals surface area contributed by atoms with Crippen LogP contribution < -0.4 is 10.0 Å². The van der Waals surface area contributed by atoms with Crippen molar-refractivity contribution in [1.29, 1.82) is 0 Å². The zero-order valence-electron chi connectivity index (χ0n) is 10.3. The molecule has 106 valence electrons. The summed E-state index contributed by atoms with van der Waals surface area (Å²) in [5.41, 5.74) is 0.0386. The number of carboxylic acids is 1. The summed E-state index contributed by atoms with van der Waals surface area (Å²) in [6.07, 6.45) is 0.629. The fourth-order valence-corrected chi connectivity index (χ4v) is 2.16. The maximum absolute atomic E-state index is 13.8. The molecular formula is C11H15FN2O4S. The van der Waals surface area contributed by atoms with Crippen LogP contribution in [0.15, 0.2) is 23.1 Å². The molecule has 19 heavy (non-hydrogen) atoms. The molecule has 1 aromatic rings. The standard InChI is InChI=1S/C11H15FN2O4S/c1-2-5-14(7-11(15)16)10-4-3-8(6-9(10)12)19(13,17)18/h3-4,6H,2,5,7H2,1H3,(H,15,16)(H2,13,17,18). The van der Waals surface area contributed by atoms with Crippen LogP contribution in [0.5, 0.6) is 0 Å². The number of aliphatic carboxylic acids is 1. The molecular weight excluding hydrogens is 275 g/mol. The van der Waals surface area contributed by atoms with E-state index in [-0.39, 0.29) is 17.1 Å². The summed E-state index contributed by atoms with van der Waals surface area (Å²) in [6.45, 7) is 1.81. The van der Waals surface area contributed by atoms with Gasteiger partial charge in [-0.1, -0.05) is 6.92 Å². The Hall–Kier alpha value is -1.67. The summed E-state index contributed by atoms with van der Waals surface area (Å²) in [4.78, 5) is 11.7. The molecule has 0 heterocycles. The number of halogens is 1. The first-order valence-electron chi connectivity index (χ1n) is 5.54. The molecule has 0 atom stereocenters. The summed E-state index contributed by atoms with van der Waals surface area (Å²) in [7, 11) is -3.98. The highest BCUT2D eigenvalue weighted by atomic mass is 32.2. The molecule has 8 heteroatoms.